The Bertz CT molecular complexity index is 2090. The molecule has 1 aromatic carbocycles. The highest BCUT2D eigenvalue weighted by atomic mass is 32.2. The average Bonchev–Trinajstić information content (AvgIpc) is 3.70. The van der Waals surface area contributed by atoms with Crippen molar-refractivity contribution in [3.63, 3.8) is 0 Å². The van der Waals surface area contributed by atoms with Crippen LogP contribution in [-0.2, 0) is 50.8 Å². The van der Waals surface area contributed by atoms with Gasteiger partial charge in [0.1, 0.15) is 18.1 Å². The highest BCUT2D eigenvalue weighted by molar-refractivity contribution is 8.00. The van der Waals surface area contributed by atoms with Crippen LogP contribution in [0.1, 0.15) is 86.6 Å². The summed E-state index contributed by atoms with van der Waals surface area (Å²) in [5.41, 5.74) is 6.22. The number of carbonyl (C=O) groups excluding carboxylic acids is 6. The van der Waals surface area contributed by atoms with Gasteiger partial charge in [-0.2, -0.15) is 0 Å². The van der Waals surface area contributed by atoms with Gasteiger partial charge >= 0.3 is 11.9 Å². The summed E-state index contributed by atoms with van der Waals surface area (Å²) in [5, 5.41) is 30.5. The first-order valence-corrected chi connectivity index (χ1v) is 22.5. The van der Waals surface area contributed by atoms with Crippen molar-refractivity contribution in [1.82, 2.24) is 35.6 Å². The molecule has 1 aromatic heterocycles. The first kappa shape index (κ1) is 53.1. The van der Waals surface area contributed by atoms with E-state index in [0.29, 0.717) is 0 Å². The van der Waals surface area contributed by atoms with Crippen molar-refractivity contribution in [3.05, 3.63) is 47.7 Å². The lowest BCUT2D eigenvalue weighted by Gasteiger charge is -2.39. The molecule has 0 bridgehead atoms. The molecule has 6 atom stereocenters. The van der Waals surface area contributed by atoms with E-state index in [1.54, 1.807) is 20.2 Å². The predicted molar refractivity (Wildman–Crippen MR) is 245 cm³/mol. The SMILES string of the molecule is CN[C@H](C(=O)NC(C(=O)N(C)[C@H](/C=C(\C)C(=O)N[C@H](CCC(=O)NCCCN1C(=O)CC(SC[C@H](N)C(=O)O)C1=O)C(=O)O)C(C)C)C(C)(C)C)C(C)(C)c1cn(C)c2ccccc12. The van der Waals surface area contributed by atoms with E-state index in [9.17, 15) is 43.5 Å². The van der Waals surface area contributed by atoms with Gasteiger partial charge in [0.25, 0.3) is 0 Å². The highest BCUT2D eigenvalue weighted by Crippen LogP contribution is 2.35. The predicted octanol–water partition coefficient (Wildman–Crippen LogP) is 2.13. The molecule has 1 aliphatic rings. The third-order valence-electron chi connectivity index (χ3n) is 11.7. The number of benzene rings is 1. The molecule has 8 N–H and O–H groups in total. The number of carbonyl (C=O) groups is 8. The Labute approximate surface area is 379 Å². The molecule has 2 aromatic rings. The van der Waals surface area contributed by atoms with Crippen molar-refractivity contribution in [2.45, 2.75) is 122 Å². The summed E-state index contributed by atoms with van der Waals surface area (Å²) in [5.74, 6) is -5.58. The van der Waals surface area contributed by atoms with E-state index in [0.717, 1.165) is 33.1 Å². The minimum Gasteiger partial charge on any atom is -0.480 e. The second kappa shape index (κ2) is 22.6. The van der Waals surface area contributed by atoms with Crippen LogP contribution in [0.2, 0.25) is 0 Å². The Balaban J connectivity index is 1.62. The van der Waals surface area contributed by atoms with Gasteiger partial charge in [0, 0.05) is 73.9 Å². The number of carboxylic acids is 2. The molecule has 1 fully saturated rings. The number of likely N-dealkylation sites (N-methyl/N-ethyl adjacent to an activating group) is 2. The number of imide groups is 1. The summed E-state index contributed by atoms with van der Waals surface area (Å²) < 4.78 is 2.03. The second-order valence-electron chi connectivity index (χ2n) is 18.4. The smallest absolute Gasteiger partial charge is 0.326 e. The highest BCUT2D eigenvalue weighted by Gasteiger charge is 2.43. The molecule has 6 amide bonds. The fraction of sp³-hybridized carbons (Fsp3) is 0.600. The number of nitrogens with one attached hydrogen (secondary N) is 4. The first-order valence-electron chi connectivity index (χ1n) is 21.5. The first-order chi connectivity index (χ1) is 29.7. The molecule has 2 unspecified atom stereocenters. The number of nitrogens with zero attached hydrogens (tertiary/aromatic N) is 3. The number of aliphatic carboxylic acids is 2. The van der Waals surface area contributed by atoms with Crippen LogP contribution in [0.3, 0.4) is 0 Å². The van der Waals surface area contributed by atoms with Crippen molar-refractivity contribution in [2.24, 2.45) is 24.1 Å². The maximum atomic E-state index is 14.4. The Morgan fingerprint density at radius 3 is 2.22 bits per heavy atom. The second-order valence-corrected chi connectivity index (χ2v) is 19.7. The number of para-hydroxylation sites is 1. The van der Waals surface area contributed by atoms with Crippen molar-refractivity contribution in [1.29, 1.82) is 0 Å². The number of fused-ring (bicyclic) bond motifs is 1. The Morgan fingerprint density at radius 1 is 1.00 bits per heavy atom. The van der Waals surface area contributed by atoms with E-state index in [2.05, 4.69) is 21.3 Å². The number of aromatic nitrogens is 1. The van der Waals surface area contributed by atoms with Gasteiger partial charge < -0.3 is 46.7 Å². The molecular weight excluding hydrogens is 845 g/mol. The van der Waals surface area contributed by atoms with E-state index >= 15 is 0 Å². The zero-order valence-corrected chi connectivity index (χ0v) is 39.8. The maximum absolute atomic E-state index is 14.4. The molecule has 0 saturated carbocycles. The van der Waals surface area contributed by atoms with Crippen LogP contribution in [-0.4, -0.2) is 140 Å². The van der Waals surface area contributed by atoms with E-state index in [1.165, 1.54) is 11.8 Å². The topological polar surface area (TPSA) is 263 Å². The number of carboxylic acid groups (broad SMARTS) is 2. The van der Waals surface area contributed by atoms with Crippen molar-refractivity contribution < 1.29 is 48.6 Å². The largest absolute Gasteiger partial charge is 0.480 e. The summed E-state index contributed by atoms with van der Waals surface area (Å²) >= 11 is 1.01. The van der Waals surface area contributed by atoms with Gasteiger partial charge in [-0.25, -0.2) is 4.79 Å². The Morgan fingerprint density at radius 2 is 1.64 bits per heavy atom. The standard InChI is InChI=1S/C45H68N8O10S/c1-25(2)32(52(11)41(59)37(44(4,5)6)50-39(57)36(47-9)45(7,8)28-23-51(10)31-16-13-12-15-27(28)31)21-26(3)38(56)49-30(43(62)63)17-18-34(54)48-19-14-20-53-35(55)22-33(40(53)58)64-24-29(46)42(60)61/h12-13,15-16,21,23,25,29-30,32-33,36-37,47H,14,17-20,22,24,46H2,1-11H3,(H,48,54)(H,49,56)(H,50,57)(H,60,61)(H,62,63)/b26-21+/t29-,30+,32+,33?,36+,37?/m0/s1. The number of nitrogens with two attached hydrogens (primary N) is 1. The molecule has 1 saturated heterocycles. The van der Waals surface area contributed by atoms with Gasteiger partial charge in [-0.3, -0.25) is 38.5 Å². The van der Waals surface area contributed by atoms with Crippen LogP contribution in [0.4, 0.5) is 0 Å². The summed E-state index contributed by atoms with van der Waals surface area (Å²) in [6.07, 6.45) is 3.29. The summed E-state index contributed by atoms with van der Waals surface area (Å²) in [6, 6.07) is 3.07. The lowest BCUT2D eigenvalue weighted by atomic mass is 9.76. The van der Waals surface area contributed by atoms with Gasteiger partial charge in [0.05, 0.1) is 17.3 Å². The van der Waals surface area contributed by atoms with Gasteiger partial charge in [-0.1, -0.05) is 72.7 Å². The summed E-state index contributed by atoms with van der Waals surface area (Å²) in [7, 11) is 5.27. The van der Waals surface area contributed by atoms with Crippen LogP contribution in [0.15, 0.2) is 42.1 Å². The van der Waals surface area contributed by atoms with Crippen LogP contribution >= 0.6 is 11.8 Å². The molecule has 1 aliphatic heterocycles. The fourth-order valence-electron chi connectivity index (χ4n) is 7.81. The molecule has 2 heterocycles. The maximum Gasteiger partial charge on any atom is 0.326 e. The quantitative estimate of drug-likeness (QED) is 0.0480. The van der Waals surface area contributed by atoms with E-state index in [-0.39, 0.29) is 67.8 Å². The molecule has 354 valence electrons. The van der Waals surface area contributed by atoms with Crippen molar-refractivity contribution in [2.75, 3.05) is 32.9 Å². The zero-order chi connectivity index (χ0) is 48.4. The van der Waals surface area contributed by atoms with Crippen LogP contribution in [0.25, 0.3) is 10.9 Å². The number of rotatable bonds is 23. The monoisotopic (exact) mass is 912 g/mol. The van der Waals surface area contributed by atoms with Gasteiger partial charge in [-0.15, -0.1) is 11.8 Å². The lowest BCUT2D eigenvalue weighted by molar-refractivity contribution is -0.141. The number of hydrogen-bond donors (Lipinski definition) is 7. The molecular formula is C45H68N8O10S. The van der Waals surface area contributed by atoms with Gasteiger partial charge in [-0.05, 0) is 49.8 Å². The Kier molecular flexibility index (Phi) is 18.7. The number of aryl methyl sites for hydroxylation is 1. The molecule has 19 heteroatoms. The normalized spacial score (nSPS) is 17.2. The van der Waals surface area contributed by atoms with E-state index in [4.69, 9.17) is 10.8 Å². The minimum atomic E-state index is -1.42. The third-order valence-corrected chi connectivity index (χ3v) is 13.0. The third kappa shape index (κ3) is 13.4. The average molecular weight is 913 g/mol. The fourth-order valence-corrected chi connectivity index (χ4v) is 8.92. The number of thioether (sulfide) groups is 1. The van der Waals surface area contributed by atoms with Crippen LogP contribution < -0.4 is 27.0 Å². The van der Waals surface area contributed by atoms with Crippen LogP contribution in [0.5, 0.6) is 0 Å². The summed E-state index contributed by atoms with van der Waals surface area (Å²) in [4.78, 5) is 105. The molecule has 18 nitrogen and oxygen atoms in total. The van der Waals surface area contributed by atoms with Crippen molar-refractivity contribution >= 4 is 70.0 Å². The van der Waals surface area contributed by atoms with Crippen LogP contribution in [0, 0.1) is 11.3 Å². The van der Waals surface area contributed by atoms with Gasteiger partial charge in [0.2, 0.25) is 35.4 Å². The van der Waals surface area contributed by atoms with Crippen molar-refractivity contribution in [3.8, 4) is 0 Å². The molecule has 64 heavy (non-hydrogen) atoms. The van der Waals surface area contributed by atoms with E-state index in [1.807, 2.05) is 90.5 Å². The lowest BCUT2D eigenvalue weighted by Crippen LogP contribution is -2.61. The van der Waals surface area contributed by atoms with E-state index < -0.39 is 81.9 Å². The zero-order valence-electron chi connectivity index (χ0n) is 38.9. The molecule has 0 spiro atoms. The number of amides is 6. The number of likely N-dealkylation sites (tertiary alicyclic amines) is 1. The molecule has 0 radical (unpaired) electrons. The molecule has 3 rings (SSSR count). The van der Waals surface area contributed by atoms with Gasteiger partial charge in [0.15, 0.2) is 0 Å². The summed E-state index contributed by atoms with van der Waals surface area (Å²) in [6.45, 7) is 14.9. The molecule has 0 aliphatic carbocycles. The Hall–Kier alpha value is -5.27. The number of hydrogen-bond acceptors (Lipinski definition) is 11. The minimum absolute atomic E-state index is 0.0286.